The van der Waals surface area contributed by atoms with Crippen LogP contribution in [-0.2, 0) is 9.30 Å². The second kappa shape index (κ2) is 10.1. The number of benzene rings is 2. The molecule has 0 aliphatic rings. The van der Waals surface area contributed by atoms with Gasteiger partial charge >= 0.3 is 13.3 Å². The number of ether oxygens (including phenoxy) is 1. The number of rotatable bonds is 5. The lowest BCUT2D eigenvalue weighted by Crippen LogP contribution is -2.07. The number of hydrogen-bond acceptors (Lipinski definition) is 3. The molecule has 1 atom stereocenters. The zero-order valence-corrected chi connectivity index (χ0v) is 16.0. The van der Waals surface area contributed by atoms with E-state index in [-0.39, 0.29) is 5.52 Å². The topological polar surface area (TPSA) is 43.4 Å². The van der Waals surface area contributed by atoms with Crippen molar-refractivity contribution in [3.05, 3.63) is 64.7 Å². The first-order chi connectivity index (χ1) is 11.4. The summed E-state index contributed by atoms with van der Waals surface area (Å²) in [6.07, 6.45) is 0. The highest BCUT2D eigenvalue weighted by atomic mass is 31.1. The number of carbonyl (C=O) groups excluding carboxylic acids is 1. The van der Waals surface area contributed by atoms with Gasteiger partial charge in [0.2, 0.25) is 0 Å². The van der Waals surface area contributed by atoms with Gasteiger partial charge in [-0.15, -0.1) is 0 Å². The Balaban J connectivity index is 0.000000505. The molecular weight excluding hydrogens is 319 g/mol. The van der Waals surface area contributed by atoms with Gasteiger partial charge < -0.3 is 4.74 Å². The van der Waals surface area contributed by atoms with Crippen LogP contribution in [0.4, 0.5) is 0 Å². The minimum atomic E-state index is -2.04. The maximum atomic E-state index is 12.4. The quantitative estimate of drug-likeness (QED) is 0.720. The second-order valence-electron chi connectivity index (χ2n) is 5.49. The highest BCUT2D eigenvalue weighted by Crippen LogP contribution is 2.30. The molecule has 0 bridgehead atoms. The molecule has 0 saturated carbocycles. The third-order valence-corrected chi connectivity index (χ3v) is 4.83. The van der Waals surface area contributed by atoms with E-state index in [2.05, 4.69) is 0 Å². The third kappa shape index (κ3) is 5.67. The molecule has 0 spiro atoms. The molecule has 0 fully saturated rings. The molecule has 0 N–H and O–H groups in total. The lowest BCUT2D eigenvalue weighted by Gasteiger charge is -2.05. The van der Waals surface area contributed by atoms with Gasteiger partial charge in [-0.05, 0) is 57.9 Å². The van der Waals surface area contributed by atoms with Gasteiger partial charge in [0.15, 0.2) is 5.30 Å². The molecule has 3 nitrogen and oxygen atoms in total. The first-order valence-electron chi connectivity index (χ1n) is 8.14. The summed E-state index contributed by atoms with van der Waals surface area (Å²) in [4.78, 5) is 12.4. The molecule has 0 aromatic heterocycles. The van der Waals surface area contributed by atoms with Gasteiger partial charge in [0, 0.05) is 13.2 Å². The number of aryl methyl sites for hydroxylation is 3. The van der Waals surface area contributed by atoms with Crippen molar-refractivity contribution in [2.24, 2.45) is 0 Å². The minimum Gasteiger partial charge on any atom is -0.382 e. The van der Waals surface area contributed by atoms with E-state index in [0.29, 0.717) is 10.9 Å². The molecule has 24 heavy (non-hydrogen) atoms. The largest absolute Gasteiger partial charge is 0.458 e. The third-order valence-electron chi connectivity index (χ3n) is 3.47. The predicted molar refractivity (Wildman–Crippen MR) is 101 cm³/mol. The van der Waals surface area contributed by atoms with Crippen LogP contribution in [0.15, 0.2) is 42.5 Å². The van der Waals surface area contributed by atoms with Crippen molar-refractivity contribution >= 4 is 18.6 Å². The van der Waals surface area contributed by atoms with Gasteiger partial charge in [0.1, 0.15) is 0 Å². The van der Waals surface area contributed by atoms with Crippen LogP contribution < -0.4 is 5.30 Å². The van der Waals surface area contributed by atoms with Crippen molar-refractivity contribution in [1.29, 1.82) is 0 Å². The van der Waals surface area contributed by atoms with Crippen molar-refractivity contribution in [3.8, 4) is 0 Å². The van der Waals surface area contributed by atoms with E-state index >= 15 is 0 Å². The van der Waals surface area contributed by atoms with Crippen LogP contribution in [0.5, 0.6) is 0 Å². The van der Waals surface area contributed by atoms with Crippen LogP contribution >= 0.6 is 7.80 Å². The lowest BCUT2D eigenvalue weighted by atomic mass is 10.0. The molecular formula is C20H26O3P+. The van der Waals surface area contributed by atoms with Crippen LogP contribution in [0.2, 0.25) is 0 Å². The van der Waals surface area contributed by atoms with E-state index in [0.717, 1.165) is 29.9 Å². The molecule has 0 aliphatic carbocycles. The van der Waals surface area contributed by atoms with Gasteiger partial charge in [0.05, 0.1) is 5.56 Å². The van der Waals surface area contributed by atoms with Gasteiger partial charge in [-0.1, -0.05) is 40.5 Å². The van der Waals surface area contributed by atoms with Crippen LogP contribution in [0, 0.1) is 20.8 Å². The Morgan fingerprint density at radius 3 is 1.88 bits per heavy atom. The predicted octanol–water partition coefficient (Wildman–Crippen LogP) is 4.95. The normalized spacial score (nSPS) is 10.6. The van der Waals surface area contributed by atoms with Crippen molar-refractivity contribution in [1.82, 2.24) is 0 Å². The van der Waals surface area contributed by atoms with Crippen molar-refractivity contribution in [2.75, 3.05) is 13.2 Å². The lowest BCUT2D eigenvalue weighted by molar-refractivity contribution is 0.107. The van der Waals surface area contributed by atoms with Crippen LogP contribution in [0.1, 0.15) is 40.9 Å². The van der Waals surface area contributed by atoms with Gasteiger partial charge in [-0.25, -0.2) is 4.79 Å². The first-order valence-corrected chi connectivity index (χ1v) is 9.40. The molecule has 0 heterocycles. The van der Waals surface area contributed by atoms with Gasteiger partial charge in [-0.2, -0.15) is 0 Å². The fraction of sp³-hybridized carbons (Fsp3) is 0.350. The Morgan fingerprint density at radius 1 is 0.958 bits per heavy atom. The highest BCUT2D eigenvalue weighted by Gasteiger charge is 2.34. The SMILES string of the molecule is CCOCC.Cc1cc(C)c(C(=O)[P+](=O)c2ccccc2)c(C)c1. The summed E-state index contributed by atoms with van der Waals surface area (Å²) < 4.78 is 17.2. The molecule has 2 rings (SSSR count). The molecule has 0 amide bonds. The van der Waals surface area contributed by atoms with Crippen LogP contribution in [-0.4, -0.2) is 18.7 Å². The van der Waals surface area contributed by atoms with E-state index in [1.165, 1.54) is 0 Å². The zero-order chi connectivity index (χ0) is 18.1. The number of carbonyl (C=O) groups is 1. The summed E-state index contributed by atoms with van der Waals surface area (Å²) in [5, 5.41) is 0.585. The molecule has 2 aromatic rings. The van der Waals surface area contributed by atoms with E-state index in [4.69, 9.17) is 4.74 Å². The van der Waals surface area contributed by atoms with E-state index in [1.807, 2.05) is 52.8 Å². The molecule has 0 radical (unpaired) electrons. The van der Waals surface area contributed by atoms with Crippen LogP contribution in [0.3, 0.4) is 0 Å². The maximum absolute atomic E-state index is 12.4. The molecule has 4 heteroatoms. The summed E-state index contributed by atoms with van der Waals surface area (Å²) >= 11 is 0. The summed E-state index contributed by atoms with van der Waals surface area (Å²) in [6, 6.07) is 12.8. The zero-order valence-electron chi connectivity index (χ0n) is 15.1. The van der Waals surface area contributed by atoms with E-state index in [1.54, 1.807) is 24.3 Å². The van der Waals surface area contributed by atoms with E-state index in [9.17, 15) is 9.36 Å². The molecule has 0 saturated heterocycles. The standard InChI is InChI=1S/C16H16O2P.C4H10O/c1-11-9-12(2)15(13(3)10-11)16(17)19(18)14-7-5-4-6-8-14;1-3-5-4-2/h4-10H,1-3H3;3-4H2,1-2H3/q+1;. The van der Waals surface area contributed by atoms with E-state index < -0.39 is 7.80 Å². The molecule has 128 valence electrons. The highest BCUT2D eigenvalue weighted by molar-refractivity contribution is 7.71. The van der Waals surface area contributed by atoms with Crippen LogP contribution in [0.25, 0.3) is 0 Å². The molecule has 0 aliphatic heterocycles. The monoisotopic (exact) mass is 345 g/mol. The Morgan fingerprint density at radius 2 is 1.46 bits per heavy atom. The summed E-state index contributed by atoms with van der Waals surface area (Å²) in [5.74, 6) is 0. The van der Waals surface area contributed by atoms with Crippen molar-refractivity contribution in [2.45, 2.75) is 34.6 Å². The fourth-order valence-electron chi connectivity index (χ4n) is 2.50. The summed E-state index contributed by atoms with van der Waals surface area (Å²) in [7, 11) is -2.04. The average molecular weight is 345 g/mol. The van der Waals surface area contributed by atoms with Crippen molar-refractivity contribution in [3.63, 3.8) is 0 Å². The van der Waals surface area contributed by atoms with Gasteiger partial charge in [-0.3, -0.25) is 0 Å². The van der Waals surface area contributed by atoms with Gasteiger partial charge in [0.25, 0.3) is 0 Å². The minimum absolute atomic E-state index is 0.281. The smallest absolute Gasteiger partial charge is 0.382 e. The Bertz CT molecular complexity index is 668. The number of hydrogen-bond donors (Lipinski definition) is 0. The first kappa shape index (κ1) is 20.2. The average Bonchev–Trinajstić information content (AvgIpc) is 2.55. The Hall–Kier alpha value is -1.83. The second-order valence-corrected chi connectivity index (χ2v) is 7.00. The molecule has 2 aromatic carbocycles. The summed E-state index contributed by atoms with van der Waals surface area (Å²) in [6.45, 7) is 11.4. The fourth-order valence-corrected chi connectivity index (χ4v) is 3.74. The maximum Gasteiger partial charge on any atom is 0.458 e. The molecule has 1 unspecified atom stereocenters. The Labute approximate surface area is 145 Å². The summed E-state index contributed by atoms with van der Waals surface area (Å²) in [5.41, 5.74) is 3.21. The Kier molecular flexibility index (Phi) is 8.53. The van der Waals surface area contributed by atoms with Crippen molar-refractivity contribution < 1.29 is 14.1 Å².